The molecule has 1 saturated heterocycles. The lowest BCUT2D eigenvalue weighted by molar-refractivity contribution is 0.122. The summed E-state index contributed by atoms with van der Waals surface area (Å²) in [5, 5.41) is 0. The maximum absolute atomic E-state index is 4.11. The fourth-order valence-electron chi connectivity index (χ4n) is 4.08. The molecule has 0 atom stereocenters. The largest absolute Gasteiger partial charge is 0.297 e. The third-order valence-corrected chi connectivity index (χ3v) is 6.06. The van der Waals surface area contributed by atoms with Crippen LogP contribution in [0.3, 0.4) is 0 Å². The van der Waals surface area contributed by atoms with E-state index in [0.29, 0.717) is 0 Å². The standard InChI is InChI=1S/C27H33N3/c1-27(2,3)26-10-8-25(9-11-26)24-6-4-22(5-7-24)20-29-16-18-30(19-17-29)21-23-12-14-28-15-13-23/h4-15H,16-21H2,1-3H3. The van der Waals surface area contributed by atoms with E-state index in [1.165, 1.54) is 27.8 Å². The average Bonchev–Trinajstić information content (AvgIpc) is 2.76. The highest BCUT2D eigenvalue weighted by Crippen LogP contribution is 2.26. The van der Waals surface area contributed by atoms with Crippen molar-refractivity contribution in [2.45, 2.75) is 39.3 Å². The molecule has 156 valence electrons. The van der Waals surface area contributed by atoms with Gasteiger partial charge in [-0.05, 0) is 45.4 Å². The summed E-state index contributed by atoms with van der Waals surface area (Å²) >= 11 is 0. The fraction of sp³-hybridized carbons (Fsp3) is 0.370. The van der Waals surface area contributed by atoms with Crippen molar-refractivity contribution in [1.82, 2.24) is 14.8 Å². The molecular weight excluding hydrogens is 366 g/mol. The monoisotopic (exact) mass is 399 g/mol. The van der Waals surface area contributed by atoms with Gasteiger partial charge >= 0.3 is 0 Å². The molecule has 0 radical (unpaired) electrons. The van der Waals surface area contributed by atoms with Gasteiger partial charge in [0.1, 0.15) is 0 Å². The van der Waals surface area contributed by atoms with E-state index in [9.17, 15) is 0 Å². The molecule has 30 heavy (non-hydrogen) atoms. The Labute approximate surface area is 181 Å². The Balaban J connectivity index is 1.30. The zero-order chi connectivity index (χ0) is 21.0. The molecule has 1 fully saturated rings. The van der Waals surface area contributed by atoms with E-state index in [1.807, 2.05) is 12.4 Å². The molecule has 0 spiro atoms. The maximum atomic E-state index is 4.11. The normalized spacial score (nSPS) is 16.0. The van der Waals surface area contributed by atoms with E-state index >= 15 is 0 Å². The van der Waals surface area contributed by atoms with E-state index in [1.54, 1.807) is 0 Å². The van der Waals surface area contributed by atoms with Gasteiger partial charge in [0.2, 0.25) is 0 Å². The number of benzene rings is 2. The fourth-order valence-corrected chi connectivity index (χ4v) is 4.08. The quantitative estimate of drug-likeness (QED) is 0.575. The molecule has 2 aromatic carbocycles. The van der Waals surface area contributed by atoms with Gasteiger partial charge in [0.05, 0.1) is 0 Å². The molecule has 0 unspecified atom stereocenters. The van der Waals surface area contributed by atoms with Crippen LogP contribution in [0.1, 0.15) is 37.5 Å². The van der Waals surface area contributed by atoms with Crippen molar-refractivity contribution < 1.29 is 0 Å². The number of rotatable bonds is 5. The summed E-state index contributed by atoms with van der Waals surface area (Å²) in [5.74, 6) is 0. The molecule has 0 bridgehead atoms. The predicted molar refractivity (Wildman–Crippen MR) is 125 cm³/mol. The Kier molecular flexibility index (Phi) is 6.31. The first-order chi connectivity index (χ1) is 14.5. The van der Waals surface area contributed by atoms with Crippen LogP contribution in [-0.4, -0.2) is 41.0 Å². The highest BCUT2D eigenvalue weighted by molar-refractivity contribution is 5.64. The van der Waals surface area contributed by atoms with Gasteiger partial charge in [-0.15, -0.1) is 0 Å². The highest BCUT2D eigenvalue weighted by atomic mass is 15.3. The van der Waals surface area contributed by atoms with Crippen LogP contribution in [0.15, 0.2) is 73.1 Å². The molecule has 0 N–H and O–H groups in total. The van der Waals surface area contributed by atoms with E-state index in [0.717, 1.165) is 39.3 Å². The van der Waals surface area contributed by atoms with Crippen molar-refractivity contribution in [3.8, 4) is 11.1 Å². The first kappa shape index (κ1) is 20.8. The zero-order valence-corrected chi connectivity index (χ0v) is 18.5. The second kappa shape index (κ2) is 9.11. The summed E-state index contributed by atoms with van der Waals surface area (Å²) in [5.41, 5.74) is 6.91. The topological polar surface area (TPSA) is 19.4 Å². The summed E-state index contributed by atoms with van der Waals surface area (Å²) in [6.45, 7) is 13.3. The van der Waals surface area contributed by atoms with Gasteiger partial charge in [-0.2, -0.15) is 0 Å². The van der Waals surface area contributed by atoms with Crippen molar-refractivity contribution in [3.63, 3.8) is 0 Å². The van der Waals surface area contributed by atoms with Crippen LogP contribution in [0.25, 0.3) is 11.1 Å². The summed E-state index contributed by atoms with van der Waals surface area (Å²) < 4.78 is 0. The Morgan fingerprint density at radius 3 is 1.53 bits per heavy atom. The van der Waals surface area contributed by atoms with Crippen LogP contribution >= 0.6 is 0 Å². The van der Waals surface area contributed by atoms with Crippen molar-refractivity contribution in [3.05, 3.63) is 89.7 Å². The number of hydrogen-bond acceptors (Lipinski definition) is 3. The van der Waals surface area contributed by atoms with E-state index < -0.39 is 0 Å². The molecule has 4 rings (SSSR count). The van der Waals surface area contributed by atoms with Crippen molar-refractivity contribution in [2.24, 2.45) is 0 Å². The molecule has 0 aliphatic carbocycles. The minimum atomic E-state index is 0.199. The van der Waals surface area contributed by atoms with Crippen LogP contribution in [0.4, 0.5) is 0 Å². The number of pyridine rings is 1. The van der Waals surface area contributed by atoms with Gasteiger partial charge in [0, 0.05) is 51.7 Å². The average molecular weight is 400 g/mol. The van der Waals surface area contributed by atoms with Crippen molar-refractivity contribution >= 4 is 0 Å². The second-order valence-corrected chi connectivity index (χ2v) is 9.43. The minimum Gasteiger partial charge on any atom is -0.297 e. The number of hydrogen-bond donors (Lipinski definition) is 0. The summed E-state index contributed by atoms with van der Waals surface area (Å²) in [7, 11) is 0. The van der Waals surface area contributed by atoms with Crippen LogP contribution in [-0.2, 0) is 18.5 Å². The molecule has 1 aromatic heterocycles. The van der Waals surface area contributed by atoms with E-state index in [2.05, 4.69) is 96.2 Å². The Morgan fingerprint density at radius 1 is 0.633 bits per heavy atom. The zero-order valence-electron chi connectivity index (χ0n) is 18.5. The predicted octanol–water partition coefficient (Wildman–Crippen LogP) is 5.36. The van der Waals surface area contributed by atoms with Crippen molar-refractivity contribution in [1.29, 1.82) is 0 Å². The first-order valence-corrected chi connectivity index (χ1v) is 11.0. The lowest BCUT2D eigenvalue weighted by Gasteiger charge is -2.34. The second-order valence-electron chi connectivity index (χ2n) is 9.43. The van der Waals surface area contributed by atoms with Crippen LogP contribution < -0.4 is 0 Å². The summed E-state index contributed by atoms with van der Waals surface area (Å²) in [6.07, 6.45) is 3.77. The highest BCUT2D eigenvalue weighted by Gasteiger charge is 2.17. The third-order valence-electron chi connectivity index (χ3n) is 6.06. The number of nitrogens with zero attached hydrogens (tertiary/aromatic N) is 3. The lowest BCUT2D eigenvalue weighted by Crippen LogP contribution is -2.45. The van der Waals surface area contributed by atoms with Crippen LogP contribution in [0.5, 0.6) is 0 Å². The Hall–Kier alpha value is -2.49. The molecule has 0 saturated carbocycles. The number of aromatic nitrogens is 1. The van der Waals surface area contributed by atoms with Gasteiger partial charge in [0.15, 0.2) is 0 Å². The molecular formula is C27H33N3. The lowest BCUT2D eigenvalue weighted by atomic mass is 9.86. The smallest absolute Gasteiger partial charge is 0.0271 e. The van der Waals surface area contributed by atoms with Gasteiger partial charge in [0.25, 0.3) is 0 Å². The minimum absolute atomic E-state index is 0.199. The molecule has 1 aliphatic heterocycles. The molecule has 1 aliphatic rings. The Morgan fingerprint density at radius 2 is 1.07 bits per heavy atom. The van der Waals surface area contributed by atoms with E-state index in [4.69, 9.17) is 0 Å². The maximum Gasteiger partial charge on any atom is 0.0271 e. The van der Waals surface area contributed by atoms with Crippen LogP contribution in [0, 0.1) is 0 Å². The molecule has 3 heteroatoms. The third kappa shape index (κ3) is 5.35. The van der Waals surface area contributed by atoms with E-state index in [-0.39, 0.29) is 5.41 Å². The van der Waals surface area contributed by atoms with Gasteiger partial charge in [-0.1, -0.05) is 69.3 Å². The molecule has 3 nitrogen and oxygen atoms in total. The Bertz CT molecular complexity index is 917. The first-order valence-electron chi connectivity index (χ1n) is 11.0. The van der Waals surface area contributed by atoms with Crippen molar-refractivity contribution in [2.75, 3.05) is 26.2 Å². The number of piperazine rings is 1. The van der Waals surface area contributed by atoms with Gasteiger partial charge in [-0.3, -0.25) is 14.8 Å². The SMILES string of the molecule is CC(C)(C)c1ccc(-c2ccc(CN3CCN(Cc4ccncc4)CC3)cc2)cc1. The van der Waals surface area contributed by atoms with Gasteiger partial charge < -0.3 is 0 Å². The summed E-state index contributed by atoms with van der Waals surface area (Å²) in [6, 6.07) is 22.3. The van der Waals surface area contributed by atoms with Crippen LogP contribution in [0.2, 0.25) is 0 Å². The molecule has 0 amide bonds. The molecule has 2 heterocycles. The summed E-state index contributed by atoms with van der Waals surface area (Å²) in [4.78, 5) is 9.21. The van der Waals surface area contributed by atoms with Gasteiger partial charge in [-0.25, -0.2) is 0 Å². The molecule has 3 aromatic rings.